The molecule has 1 aromatic rings. The number of carbonyl (C=O) groups is 1. The molecule has 3 N–H and O–H groups in total. The largest absolute Gasteiger partial charge is 0.350 e. The Morgan fingerprint density at radius 2 is 2.15 bits per heavy atom. The van der Waals surface area contributed by atoms with E-state index in [0.29, 0.717) is 6.54 Å². The number of nitrogens with one attached hydrogen (secondary N) is 1. The lowest BCUT2D eigenvalue weighted by atomic mass is 9.78. The molecule has 6 nitrogen and oxygen atoms in total. The van der Waals surface area contributed by atoms with E-state index < -0.39 is 10.8 Å². The molecule has 0 radical (unpaired) electrons. The Bertz CT molecular complexity index is 533. The summed E-state index contributed by atoms with van der Waals surface area (Å²) in [5.41, 5.74) is 5.31. The molecule has 1 amide bonds. The Morgan fingerprint density at radius 3 is 2.65 bits per heavy atom. The van der Waals surface area contributed by atoms with Crippen LogP contribution in [0.5, 0.6) is 0 Å². The number of nitrogens with two attached hydrogens (primary N) is 1. The Balaban J connectivity index is 0.00000200. The molecule has 0 saturated heterocycles. The van der Waals surface area contributed by atoms with Gasteiger partial charge in [0.2, 0.25) is 0 Å². The van der Waals surface area contributed by atoms with Gasteiger partial charge in [-0.3, -0.25) is 14.9 Å². The van der Waals surface area contributed by atoms with Gasteiger partial charge in [-0.05, 0) is 31.4 Å². The maximum atomic E-state index is 12.0. The quantitative estimate of drug-likeness (QED) is 0.657. The van der Waals surface area contributed by atoms with Crippen molar-refractivity contribution in [3.63, 3.8) is 0 Å². The number of halogens is 2. The second-order valence-electron chi connectivity index (χ2n) is 4.82. The van der Waals surface area contributed by atoms with E-state index in [1.807, 2.05) is 0 Å². The van der Waals surface area contributed by atoms with E-state index in [4.69, 9.17) is 17.3 Å². The van der Waals surface area contributed by atoms with Gasteiger partial charge in [0.1, 0.15) is 5.56 Å². The minimum atomic E-state index is -0.623. The number of hydrogen-bond acceptors (Lipinski definition) is 4. The van der Waals surface area contributed by atoms with Gasteiger partial charge in [0, 0.05) is 23.2 Å². The van der Waals surface area contributed by atoms with Crippen molar-refractivity contribution in [2.45, 2.75) is 24.8 Å². The van der Waals surface area contributed by atoms with Crippen LogP contribution in [0.1, 0.15) is 29.6 Å². The first kappa shape index (κ1) is 16.7. The third-order valence-corrected chi connectivity index (χ3v) is 3.59. The average molecular weight is 320 g/mol. The van der Waals surface area contributed by atoms with Gasteiger partial charge in [-0.1, -0.05) is 11.6 Å². The number of nitrogens with zero attached hydrogens (tertiary/aromatic N) is 1. The van der Waals surface area contributed by atoms with E-state index in [2.05, 4.69) is 5.32 Å². The van der Waals surface area contributed by atoms with Crippen LogP contribution in [-0.4, -0.2) is 22.9 Å². The molecule has 1 fully saturated rings. The lowest BCUT2D eigenvalue weighted by Gasteiger charge is -2.38. The summed E-state index contributed by atoms with van der Waals surface area (Å²) in [6, 6.07) is 3.96. The van der Waals surface area contributed by atoms with E-state index in [0.717, 1.165) is 25.3 Å². The van der Waals surface area contributed by atoms with E-state index in [1.54, 1.807) is 0 Å². The monoisotopic (exact) mass is 319 g/mol. The molecule has 0 heterocycles. The highest BCUT2D eigenvalue weighted by Gasteiger charge is 2.33. The van der Waals surface area contributed by atoms with Crippen molar-refractivity contribution in [1.82, 2.24) is 5.32 Å². The van der Waals surface area contributed by atoms with E-state index in [1.165, 1.54) is 12.1 Å². The van der Waals surface area contributed by atoms with Gasteiger partial charge in [-0.15, -0.1) is 12.4 Å². The van der Waals surface area contributed by atoms with Crippen molar-refractivity contribution in [3.8, 4) is 0 Å². The Morgan fingerprint density at radius 1 is 1.50 bits per heavy atom. The summed E-state index contributed by atoms with van der Waals surface area (Å²) < 4.78 is 0. The number of nitro groups is 1. The molecular formula is C12H15Cl2N3O3. The molecule has 110 valence electrons. The second kappa shape index (κ2) is 6.39. The van der Waals surface area contributed by atoms with E-state index >= 15 is 0 Å². The van der Waals surface area contributed by atoms with Gasteiger partial charge in [0.15, 0.2) is 0 Å². The van der Waals surface area contributed by atoms with Gasteiger partial charge in [0.25, 0.3) is 11.6 Å². The van der Waals surface area contributed by atoms with Crippen LogP contribution in [0.4, 0.5) is 5.69 Å². The highest BCUT2D eigenvalue weighted by molar-refractivity contribution is 6.31. The SMILES string of the molecule is Cl.NC1(CNC(=O)c2ccc(Cl)cc2[N+](=O)[O-])CCC1. The van der Waals surface area contributed by atoms with Crippen LogP contribution >= 0.6 is 24.0 Å². The Labute approximate surface area is 127 Å². The Kier molecular flexibility index (Phi) is 5.33. The fourth-order valence-corrected chi connectivity index (χ4v) is 2.17. The minimum absolute atomic E-state index is 0. The fraction of sp³-hybridized carbons (Fsp3) is 0.417. The number of rotatable bonds is 4. The molecule has 1 aliphatic carbocycles. The third-order valence-electron chi connectivity index (χ3n) is 3.35. The first-order chi connectivity index (χ1) is 8.91. The maximum Gasteiger partial charge on any atom is 0.283 e. The molecule has 1 saturated carbocycles. The standard InChI is InChI=1S/C12H14ClN3O3.ClH/c13-8-2-3-9(10(6-8)16(18)19)11(17)15-7-12(14)4-1-5-12;/h2-3,6H,1,4-5,7,14H2,(H,15,17);1H. The van der Waals surface area contributed by atoms with Gasteiger partial charge >= 0.3 is 0 Å². The van der Waals surface area contributed by atoms with Crippen LogP contribution in [0.25, 0.3) is 0 Å². The Hall–Kier alpha value is -1.37. The molecule has 20 heavy (non-hydrogen) atoms. The van der Waals surface area contributed by atoms with Crippen LogP contribution < -0.4 is 11.1 Å². The molecule has 0 spiro atoms. The van der Waals surface area contributed by atoms with Crippen molar-refractivity contribution in [2.75, 3.05) is 6.54 Å². The number of amides is 1. The summed E-state index contributed by atoms with van der Waals surface area (Å²) in [5.74, 6) is -0.500. The molecule has 0 aliphatic heterocycles. The predicted octanol–water partition coefficient (Wildman–Crippen LogP) is 2.28. The number of benzene rings is 1. The maximum absolute atomic E-state index is 12.0. The molecule has 0 aromatic heterocycles. The fourth-order valence-electron chi connectivity index (χ4n) is 2.01. The zero-order valence-electron chi connectivity index (χ0n) is 10.6. The molecule has 0 atom stereocenters. The van der Waals surface area contributed by atoms with Crippen LogP contribution in [0.15, 0.2) is 18.2 Å². The second-order valence-corrected chi connectivity index (χ2v) is 5.25. The van der Waals surface area contributed by atoms with Gasteiger partial charge in [-0.2, -0.15) is 0 Å². The number of nitro benzene ring substituents is 1. The van der Waals surface area contributed by atoms with Gasteiger partial charge in [-0.25, -0.2) is 0 Å². The average Bonchev–Trinajstić information content (AvgIpc) is 2.33. The van der Waals surface area contributed by atoms with Gasteiger partial charge < -0.3 is 11.1 Å². The third kappa shape index (κ3) is 3.59. The van der Waals surface area contributed by atoms with Gasteiger partial charge in [0.05, 0.1) is 4.92 Å². The summed E-state index contributed by atoms with van der Waals surface area (Å²) in [6.45, 7) is 0.325. The van der Waals surface area contributed by atoms with Crippen LogP contribution in [0.2, 0.25) is 5.02 Å². The number of carbonyl (C=O) groups excluding carboxylic acids is 1. The van der Waals surface area contributed by atoms with Crippen LogP contribution in [0, 0.1) is 10.1 Å². The van der Waals surface area contributed by atoms with Crippen molar-refractivity contribution in [1.29, 1.82) is 0 Å². The van der Waals surface area contributed by atoms with Crippen molar-refractivity contribution in [2.24, 2.45) is 5.73 Å². The molecule has 0 unspecified atom stereocenters. The van der Waals surface area contributed by atoms with Crippen molar-refractivity contribution < 1.29 is 9.72 Å². The summed E-state index contributed by atoms with van der Waals surface area (Å²) in [4.78, 5) is 22.2. The van der Waals surface area contributed by atoms with E-state index in [9.17, 15) is 14.9 Å². The summed E-state index contributed by atoms with van der Waals surface area (Å²) in [6.07, 6.45) is 2.76. The normalized spacial score (nSPS) is 15.7. The van der Waals surface area contributed by atoms with Crippen molar-refractivity contribution >= 4 is 35.6 Å². The molecule has 1 aromatic carbocycles. The summed E-state index contributed by atoms with van der Waals surface area (Å²) in [7, 11) is 0. The van der Waals surface area contributed by atoms with Crippen LogP contribution in [0.3, 0.4) is 0 Å². The minimum Gasteiger partial charge on any atom is -0.350 e. The van der Waals surface area contributed by atoms with E-state index in [-0.39, 0.29) is 34.2 Å². The van der Waals surface area contributed by atoms with Crippen LogP contribution in [-0.2, 0) is 0 Å². The summed E-state index contributed by atoms with van der Waals surface area (Å²) in [5, 5.41) is 13.8. The van der Waals surface area contributed by atoms with Crippen molar-refractivity contribution in [3.05, 3.63) is 38.9 Å². The topological polar surface area (TPSA) is 98.3 Å². The highest BCUT2D eigenvalue weighted by Crippen LogP contribution is 2.28. The molecule has 0 bridgehead atoms. The zero-order chi connectivity index (χ0) is 14.0. The first-order valence-electron chi connectivity index (χ1n) is 5.92. The predicted molar refractivity (Wildman–Crippen MR) is 78.5 cm³/mol. The lowest BCUT2D eigenvalue weighted by Crippen LogP contribution is -2.54. The lowest BCUT2D eigenvalue weighted by molar-refractivity contribution is -0.385. The highest BCUT2D eigenvalue weighted by atomic mass is 35.5. The first-order valence-corrected chi connectivity index (χ1v) is 6.30. The molecule has 1 aliphatic rings. The molecule has 2 rings (SSSR count). The zero-order valence-corrected chi connectivity index (χ0v) is 12.2. The molecular weight excluding hydrogens is 305 g/mol. The summed E-state index contributed by atoms with van der Waals surface area (Å²) >= 11 is 5.69. The number of hydrogen-bond donors (Lipinski definition) is 2. The smallest absolute Gasteiger partial charge is 0.283 e. The molecule has 8 heteroatoms.